The van der Waals surface area contributed by atoms with Crippen molar-refractivity contribution in [3.63, 3.8) is 0 Å². The van der Waals surface area contributed by atoms with Crippen molar-refractivity contribution < 1.29 is 0 Å². The van der Waals surface area contributed by atoms with Gasteiger partial charge in [0.1, 0.15) is 0 Å². The van der Waals surface area contributed by atoms with Gasteiger partial charge in [0.25, 0.3) is 0 Å². The summed E-state index contributed by atoms with van der Waals surface area (Å²) in [6, 6.07) is 19.4. The van der Waals surface area contributed by atoms with Crippen LogP contribution in [0.2, 0.25) is 0 Å². The summed E-state index contributed by atoms with van der Waals surface area (Å²) >= 11 is 0. The molecule has 0 aliphatic heterocycles. The molecule has 3 aromatic carbocycles. The average Bonchev–Trinajstić information content (AvgIpc) is 2.47. The second kappa shape index (κ2) is 5.25. The third-order valence-corrected chi connectivity index (χ3v) is 3.43. The van der Waals surface area contributed by atoms with E-state index in [1.807, 2.05) is 0 Å². The third kappa shape index (κ3) is 2.25. The normalized spacial score (nSPS) is 11.6. The van der Waals surface area contributed by atoms with Crippen molar-refractivity contribution in [1.82, 2.24) is 0 Å². The first-order chi connectivity index (χ1) is 9.40. The van der Waals surface area contributed by atoms with Crippen LogP contribution in [0.25, 0.3) is 27.6 Å². The summed E-state index contributed by atoms with van der Waals surface area (Å²) in [6.07, 6.45) is 5.25. The van der Waals surface area contributed by atoms with Gasteiger partial charge in [-0.3, -0.25) is 0 Å². The number of hydrogen-bond acceptors (Lipinski definition) is 1. The van der Waals surface area contributed by atoms with Crippen molar-refractivity contribution in [2.45, 2.75) is 6.42 Å². The zero-order chi connectivity index (χ0) is 13.1. The Bertz CT molecular complexity index is 741. The zero-order valence-corrected chi connectivity index (χ0v) is 10.8. The number of rotatable bonds is 3. The van der Waals surface area contributed by atoms with Gasteiger partial charge in [0.05, 0.1) is 0 Å². The average molecular weight is 247 g/mol. The van der Waals surface area contributed by atoms with E-state index in [4.69, 9.17) is 5.73 Å². The van der Waals surface area contributed by atoms with Crippen LogP contribution in [-0.4, -0.2) is 6.54 Å². The van der Waals surface area contributed by atoms with E-state index < -0.39 is 0 Å². The number of benzene rings is 3. The van der Waals surface area contributed by atoms with Gasteiger partial charge in [-0.25, -0.2) is 0 Å². The molecule has 1 heteroatoms. The van der Waals surface area contributed by atoms with E-state index in [-0.39, 0.29) is 0 Å². The summed E-state index contributed by atoms with van der Waals surface area (Å²) in [6.45, 7) is 0.696. The largest absolute Gasteiger partial charge is 0.330 e. The molecule has 0 spiro atoms. The molecule has 0 fully saturated rings. The molecular formula is C18H17N. The van der Waals surface area contributed by atoms with Gasteiger partial charge >= 0.3 is 0 Å². The Morgan fingerprint density at radius 1 is 0.842 bits per heavy atom. The predicted molar refractivity (Wildman–Crippen MR) is 84.2 cm³/mol. The second-order valence-electron chi connectivity index (χ2n) is 4.71. The molecule has 0 aliphatic rings. The summed E-state index contributed by atoms with van der Waals surface area (Å²) < 4.78 is 0. The van der Waals surface area contributed by atoms with Crippen LogP contribution < -0.4 is 5.73 Å². The Labute approximate surface area is 113 Å². The fourth-order valence-corrected chi connectivity index (χ4v) is 2.53. The molecule has 0 saturated heterocycles. The molecule has 0 radical (unpaired) electrons. The number of nitrogens with two attached hydrogens (primary N) is 1. The minimum Gasteiger partial charge on any atom is -0.330 e. The molecule has 19 heavy (non-hydrogen) atoms. The molecule has 0 atom stereocenters. The molecule has 0 bridgehead atoms. The van der Waals surface area contributed by atoms with Crippen molar-refractivity contribution in [2.24, 2.45) is 5.73 Å². The quantitative estimate of drug-likeness (QED) is 0.684. The number of hydrogen-bond donors (Lipinski definition) is 1. The maximum absolute atomic E-state index is 5.54. The maximum atomic E-state index is 5.54. The lowest BCUT2D eigenvalue weighted by molar-refractivity contribution is 1.01. The first-order valence-electron chi connectivity index (χ1n) is 6.67. The zero-order valence-electron chi connectivity index (χ0n) is 10.8. The van der Waals surface area contributed by atoms with E-state index in [1.165, 1.54) is 27.1 Å². The first kappa shape index (κ1) is 11.9. The highest BCUT2D eigenvalue weighted by molar-refractivity contribution is 6.10. The van der Waals surface area contributed by atoms with E-state index in [9.17, 15) is 0 Å². The van der Waals surface area contributed by atoms with E-state index in [0.717, 1.165) is 6.42 Å². The molecule has 0 aliphatic carbocycles. The Hall–Kier alpha value is -2.12. The highest BCUT2D eigenvalue weighted by atomic mass is 14.5. The highest BCUT2D eigenvalue weighted by Gasteiger charge is 2.03. The SMILES string of the molecule is NCCC=Cc1cc2ccccc2c2ccccc12. The van der Waals surface area contributed by atoms with Gasteiger partial charge in [0, 0.05) is 0 Å². The smallest absolute Gasteiger partial charge is 0.00425 e. The molecule has 0 heterocycles. The van der Waals surface area contributed by atoms with E-state index in [0.29, 0.717) is 6.54 Å². The van der Waals surface area contributed by atoms with Gasteiger partial charge in [-0.15, -0.1) is 0 Å². The van der Waals surface area contributed by atoms with Crippen LogP contribution in [0.3, 0.4) is 0 Å². The topological polar surface area (TPSA) is 26.0 Å². The van der Waals surface area contributed by atoms with Crippen LogP contribution in [0.4, 0.5) is 0 Å². The monoisotopic (exact) mass is 247 g/mol. The Balaban J connectivity index is 2.29. The summed E-state index contributed by atoms with van der Waals surface area (Å²) in [4.78, 5) is 0. The van der Waals surface area contributed by atoms with Gasteiger partial charge in [-0.05, 0) is 46.1 Å². The van der Waals surface area contributed by atoms with Gasteiger partial charge < -0.3 is 5.73 Å². The van der Waals surface area contributed by atoms with Crippen LogP contribution in [0.1, 0.15) is 12.0 Å². The molecule has 3 aromatic rings. The Kier molecular flexibility index (Phi) is 3.30. The van der Waals surface area contributed by atoms with Gasteiger partial charge in [0.15, 0.2) is 0 Å². The molecule has 0 unspecified atom stereocenters. The van der Waals surface area contributed by atoms with Gasteiger partial charge in [0.2, 0.25) is 0 Å². The van der Waals surface area contributed by atoms with E-state index in [2.05, 4.69) is 66.7 Å². The number of fused-ring (bicyclic) bond motifs is 3. The van der Waals surface area contributed by atoms with Crippen molar-refractivity contribution in [3.05, 3.63) is 66.2 Å². The molecule has 0 aromatic heterocycles. The summed E-state index contributed by atoms with van der Waals surface area (Å²) in [5, 5.41) is 5.21. The predicted octanol–water partition coefficient (Wildman–Crippen LogP) is 4.36. The minimum absolute atomic E-state index is 0.696. The Morgan fingerprint density at radius 3 is 2.32 bits per heavy atom. The molecular weight excluding hydrogens is 230 g/mol. The lowest BCUT2D eigenvalue weighted by Gasteiger charge is -2.07. The van der Waals surface area contributed by atoms with Gasteiger partial charge in [-0.2, -0.15) is 0 Å². The van der Waals surface area contributed by atoms with Crippen molar-refractivity contribution >= 4 is 27.6 Å². The molecule has 2 N–H and O–H groups in total. The third-order valence-electron chi connectivity index (χ3n) is 3.43. The van der Waals surface area contributed by atoms with E-state index in [1.54, 1.807) is 0 Å². The van der Waals surface area contributed by atoms with Crippen LogP contribution in [-0.2, 0) is 0 Å². The summed E-state index contributed by atoms with van der Waals surface area (Å²) in [5.41, 5.74) is 6.81. The van der Waals surface area contributed by atoms with E-state index >= 15 is 0 Å². The molecule has 0 saturated carbocycles. The molecule has 3 rings (SSSR count). The fraction of sp³-hybridized carbons (Fsp3) is 0.111. The fourth-order valence-electron chi connectivity index (χ4n) is 2.53. The lowest BCUT2D eigenvalue weighted by atomic mass is 9.97. The summed E-state index contributed by atoms with van der Waals surface area (Å²) in [7, 11) is 0. The minimum atomic E-state index is 0.696. The highest BCUT2D eigenvalue weighted by Crippen LogP contribution is 2.29. The van der Waals surface area contributed by atoms with Crippen LogP contribution in [0.5, 0.6) is 0 Å². The van der Waals surface area contributed by atoms with Crippen molar-refractivity contribution in [1.29, 1.82) is 0 Å². The standard InChI is InChI=1S/C18H17N/c19-12-6-5-8-15-13-14-7-1-2-9-16(14)18-11-4-3-10-17(15)18/h1-5,7-11,13H,6,12,19H2. The van der Waals surface area contributed by atoms with Crippen LogP contribution in [0, 0.1) is 0 Å². The van der Waals surface area contributed by atoms with Crippen LogP contribution in [0.15, 0.2) is 60.7 Å². The lowest BCUT2D eigenvalue weighted by Crippen LogP contribution is -1.95. The van der Waals surface area contributed by atoms with Gasteiger partial charge in [-0.1, -0.05) is 60.7 Å². The molecule has 0 amide bonds. The van der Waals surface area contributed by atoms with Crippen molar-refractivity contribution in [2.75, 3.05) is 6.54 Å². The van der Waals surface area contributed by atoms with Crippen molar-refractivity contribution in [3.8, 4) is 0 Å². The van der Waals surface area contributed by atoms with Crippen LogP contribution >= 0.6 is 0 Å². The maximum Gasteiger partial charge on any atom is -0.00425 e. The summed E-state index contributed by atoms with van der Waals surface area (Å²) in [5.74, 6) is 0. The second-order valence-corrected chi connectivity index (χ2v) is 4.71. The first-order valence-corrected chi connectivity index (χ1v) is 6.67. The molecule has 94 valence electrons. The Morgan fingerprint density at radius 2 is 1.53 bits per heavy atom. The molecule has 1 nitrogen and oxygen atoms in total.